The van der Waals surface area contributed by atoms with Crippen LogP contribution >= 0.6 is 11.6 Å². The number of aromatic nitrogens is 1. The standard InChI is InChI=1S/C22H23ClN2O3/c1-14-11-17(12-15(2)21(14)23)27-13-20(26)25-9-7-16(8-10-25)22-24-18-5-3-4-6-19(18)28-22/h3-6,11-12,16H,7-10,13H2,1-2H3. The molecule has 28 heavy (non-hydrogen) atoms. The molecule has 1 saturated heterocycles. The predicted molar refractivity (Wildman–Crippen MR) is 109 cm³/mol. The van der Waals surface area contributed by atoms with Crippen LogP contribution in [0.25, 0.3) is 11.1 Å². The van der Waals surface area contributed by atoms with E-state index >= 15 is 0 Å². The summed E-state index contributed by atoms with van der Waals surface area (Å²) in [5.41, 5.74) is 3.60. The number of rotatable bonds is 4. The minimum absolute atomic E-state index is 0.00118. The second kappa shape index (κ2) is 7.84. The molecule has 3 aromatic rings. The first kappa shape index (κ1) is 18.8. The lowest BCUT2D eigenvalue weighted by Gasteiger charge is -2.30. The van der Waals surface area contributed by atoms with Crippen molar-refractivity contribution in [1.29, 1.82) is 0 Å². The van der Waals surface area contributed by atoms with Gasteiger partial charge in [-0.1, -0.05) is 23.7 Å². The summed E-state index contributed by atoms with van der Waals surface area (Å²) in [4.78, 5) is 19.0. The lowest BCUT2D eigenvalue weighted by molar-refractivity contribution is -0.134. The predicted octanol–water partition coefficient (Wildman–Crippen LogP) is 4.88. The van der Waals surface area contributed by atoms with Crippen LogP contribution in [0.3, 0.4) is 0 Å². The van der Waals surface area contributed by atoms with Gasteiger partial charge in [-0.05, 0) is 62.1 Å². The first-order valence-corrected chi connectivity index (χ1v) is 9.92. The number of benzene rings is 2. The van der Waals surface area contributed by atoms with E-state index < -0.39 is 0 Å². The highest BCUT2D eigenvalue weighted by Gasteiger charge is 2.27. The summed E-state index contributed by atoms with van der Waals surface area (Å²) in [5.74, 6) is 1.70. The highest BCUT2D eigenvalue weighted by Crippen LogP contribution is 2.30. The van der Waals surface area contributed by atoms with Crippen LogP contribution in [0.1, 0.15) is 35.8 Å². The second-order valence-electron chi connectivity index (χ2n) is 7.33. The minimum Gasteiger partial charge on any atom is -0.484 e. The molecule has 6 heteroatoms. The highest BCUT2D eigenvalue weighted by atomic mass is 35.5. The molecule has 0 spiro atoms. The van der Waals surface area contributed by atoms with Gasteiger partial charge < -0.3 is 14.1 Å². The Kier molecular flexibility index (Phi) is 5.27. The fraction of sp³-hybridized carbons (Fsp3) is 0.364. The maximum atomic E-state index is 12.5. The number of para-hydroxylation sites is 2. The summed E-state index contributed by atoms with van der Waals surface area (Å²) < 4.78 is 11.6. The molecular formula is C22H23ClN2O3. The number of hydrogen-bond donors (Lipinski definition) is 0. The summed E-state index contributed by atoms with van der Waals surface area (Å²) in [5, 5.41) is 0.736. The molecule has 0 bridgehead atoms. The zero-order valence-electron chi connectivity index (χ0n) is 16.1. The van der Waals surface area contributed by atoms with Gasteiger partial charge in [-0.2, -0.15) is 0 Å². The average Bonchev–Trinajstić information content (AvgIpc) is 3.14. The molecule has 2 aromatic carbocycles. The van der Waals surface area contributed by atoms with E-state index in [1.165, 1.54) is 0 Å². The number of carbonyl (C=O) groups excluding carboxylic acids is 1. The lowest BCUT2D eigenvalue weighted by Crippen LogP contribution is -2.40. The number of hydrogen-bond acceptors (Lipinski definition) is 4. The van der Waals surface area contributed by atoms with E-state index in [4.69, 9.17) is 20.8 Å². The topological polar surface area (TPSA) is 55.6 Å². The molecule has 0 N–H and O–H groups in total. The number of carbonyl (C=O) groups is 1. The van der Waals surface area contributed by atoms with Gasteiger partial charge in [0, 0.05) is 24.0 Å². The van der Waals surface area contributed by atoms with E-state index in [0.29, 0.717) is 18.8 Å². The van der Waals surface area contributed by atoms with Gasteiger partial charge in [0.2, 0.25) is 0 Å². The van der Waals surface area contributed by atoms with E-state index in [2.05, 4.69) is 4.98 Å². The molecule has 1 aromatic heterocycles. The van der Waals surface area contributed by atoms with Crippen molar-refractivity contribution in [3.63, 3.8) is 0 Å². The third-order valence-corrected chi connectivity index (χ3v) is 5.88. The smallest absolute Gasteiger partial charge is 0.260 e. The Bertz CT molecular complexity index is 950. The van der Waals surface area contributed by atoms with Crippen molar-refractivity contribution in [2.75, 3.05) is 19.7 Å². The third kappa shape index (κ3) is 3.85. The van der Waals surface area contributed by atoms with Crippen LogP contribution in [-0.4, -0.2) is 35.5 Å². The molecule has 1 fully saturated rings. The Morgan fingerprint density at radius 2 is 1.89 bits per heavy atom. The summed E-state index contributed by atoms with van der Waals surface area (Å²) in [6.07, 6.45) is 1.69. The molecule has 146 valence electrons. The van der Waals surface area contributed by atoms with Crippen LogP contribution < -0.4 is 4.74 Å². The van der Waals surface area contributed by atoms with E-state index in [0.717, 1.165) is 46.0 Å². The zero-order valence-corrected chi connectivity index (χ0v) is 16.8. The van der Waals surface area contributed by atoms with Crippen LogP contribution in [0.2, 0.25) is 5.02 Å². The quantitative estimate of drug-likeness (QED) is 0.628. The fourth-order valence-electron chi connectivity index (χ4n) is 3.67. The molecule has 0 unspecified atom stereocenters. The van der Waals surface area contributed by atoms with Gasteiger partial charge in [0.15, 0.2) is 18.1 Å². The van der Waals surface area contributed by atoms with Gasteiger partial charge in [-0.3, -0.25) is 4.79 Å². The van der Waals surface area contributed by atoms with Crippen molar-refractivity contribution in [2.24, 2.45) is 0 Å². The van der Waals surface area contributed by atoms with Crippen LogP contribution in [0.15, 0.2) is 40.8 Å². The molecule has 0 radical (unpaired) electrons. The first-order chi connectivity index (χ1) is 13.5. The lowest BCUT2D eigenvalue weighted by atomic mass is 9.97. The number of halogens is 1. The summed E-state index contributed by atoms with van der Waals surface area (Å²) in [6, 6.07) is 11.5. The van der Waals surface area contributed by atoms with Gasteiger partial charge >= 0.3 is 0 Å². The SMILES string of the molecule is Cc1cc(OCC(=O)N2CCC(c3nc4ccccc4o3)CC2)cc(C)c1Cl. The molecule has 1 aliphatic rings. The van der Waals surface area contributed by atoms with Crippen LogP contribution in [0, 0.1) is 13.8 Å². The molecule has 0 aliphatic carbocycles. The van der Waals surface area contributed by atoms with Crippen molar-refractivity contribution < 1.29 is 13.9 Å². The molecule has 0 saturated carbocycles. The minimum atomic E-state index is 0.00118. The van der Waals surface area contributed by atoms with Gasteiger partial charge in [-0.15, -0.1) is 0 Å². The monoisotopic (exact) mass is 398 g/mol. The van der Waals surface area contributed by atoms with E-state index in [9.17, 15) is 4.79 Å². The number of piperidine rings is 1. The van der Waals surface area contributed by atoms with Gasteiger partial charge in [0.25, 0.3) is 5.91 Å². The largest absolute Gasteiger partial charge is 0.484 e. The number of fused-ring (bicyclic) bond motifs is 1. The van der Waals surface area contributed by atoms with Crippen LogP contribution in [0.4, 0.5) is 0 Å². The summed E-state index contributed by atoms with van der Waals surface area (Å²) in [7, 11) is 0. The molecule has 1 aliphatic heterocycles. The number of aryl methyl sites for hydroxylation is 2. The third-order valence-electron chi connectivity index (χ3n) is 5.28. The first-order valence-electron chi connectivity index (χ1n) is 9.54. The summed E-state index contributed by atoms with van der Waals surface area (Å²) in [6.45, 7) is 5.27. The van der Waals surface area contributed by atoms with E-state index in [1.54, 1.807) is 0 Å². The Morgan fingerprint density at radius 3 is 2.57 bits per heavy atom. The highest BCUT2D eigenvalue weighted by molar-refractivity contribution is 6.32. The van der Waals surface area contributed by atoms with Crippen molar-refractivity contribution >= 4 is 28.6 Å². The average molecular weight is 399 g/mol. The maximum Gasteiger partial charge on any atom is 0.260 e. The van der Waals surface area contributed by atoms with Gasteiger partial charge in [0.1, 0.15) is 11.3 Å². The number of ether oxygens (including phenoxy) is 1. The van der Waals surface area contributed by atoms with E-state index in [1.807, 2.05) is 55.1 Å². The number of oxazole rings is 1. The molecule has 0 atom stereocenters. The number of likely N-dealkylation sites (tertiary alicyclic amines) is 1. The second-order valence-corrected chi connectivity index (χ2v) is 7.71. The zero-order chi connectivity index (χ0) is 19.7. The normalized spacial score (nSPS) is 15.2. The molecular weight excluding hydrogens is 376 g/mol. The van der Waals surface area contributed by atoms with Crippen molar-refractivity contribution in [3.05, 3.63) is 58.4 Å². The number of amides is 1. The fourth-order valence-corrected chi connectivity index (χ4v) is 3.78. The van der Waals surface area contributed by atoms with E-state index in [-0.39, 0.29) is 18.4 Å². The molecule has 4 rings (SSSR count). The van der Waals surface area contributed by atoms with Crippen molar-refractivity contribution in [2.45, 2.75) is 32.6 Å². The molecule has 5 nitrogen and oxygen atoms in total. The van der Waals surface area contributed by atoms with Crippen molar-refractivity contribution in [1.82, 2.24) is 9.88 Å². The van der Waals surface area contributed by atoms with Gasteiger partial charge in [-0.25, -0.2) is 4.98 Å². The Morgan fingerprint density at radius 1 is 1.21 bits per heavy atom. The summed E-state index contributed by atoms with van der Waals surface area (Å²) >= 11 is 6.18. The number of nitrogens with zero attached hydrogens (tertiary/aromatic N) is 2. The van der Waals surface area contributed by atoms with Crippen LogP contribution in [0.5, 0.6) is 5.75 Å². The van der Waals surface area contributed by atoms with Gasteiger partial charge in [0.05, 0.1) is 0 Å². The van der Waals surface area contributed by atoms with Crippen molar-refractivity contribution in [3.8, 4) is 5.75 Å². The Hall–Kier alpha value is -2.53. The Balaban J connectivity index is 1.32. The van der Waals surface area contributed by atoms with Crippen LogP contribution in [-0.2, 0) is 4.79 Å². The maximum absolute atomic E-state index is 12.5. The molecule has 2 heterocycles. The molecule has 1 amide bonds. The Labute approximate surface area is 169 Å².